The highest BCUT2D eigenvalue weighted by molar-refractivity contribution is 7.22. The van der Waals surface area contributed by atoms with Gasteiger partial charge in [0.05, 0.1) is 27.8 Å². The summed E-state index contributed by atoms with van der Waals surface area (Å²) in [4.78, 5) is 16.4. The van der Waals surface area contributed by atoms with E-state index in [0.29, 0.717) is 29.3 Å². The van der Waals surface area contributed by atoms with Crippen molar-refractivity contribution in [3.05, 3.63) is 42.0 Å². The zero-order valence-electron chi connectivity index (χ0n) is 17.9. The predicted molar refractivity (Wildman–Crippen MR) is 130 cm³/mol. The molecule has 32 heavy (non-hydrogen) atoms. The third kappa shape index (κ3) is 3.51. The summed E-state index contributed by atoms with van der Waals surface area (Å²) in [6.45, 7) is 1.93. The molecule has 164 valence electrons. The lowest BCUT2D eigenvalue weighted by Crippen LogP contribution is -2.47. The summed E-state index contributed by atoms with van der Waals surface area (Å²) in [7, 11) is 2.18. The normalized spacial score (nSPS) is 22.1. The zero-order valence-corrected chi connectivity index (χ0v) is 19.6. The molecule has 7 nitrogen and oxygen atoms in total. The number of rotatable bonds is 3. The summed E-state index contributed by atoms with van der Waals surface area (Å²) in [5.41, 5.74) is 4.79. The van der Waals surface area contributed by atoms with E-state index >= 15 is 0 Å². The van der Waals surface area contributed by atoms with Crippen LogP contribution in [0.2, 0.25) is 0 Å². The lowest BCUT2D eigenvalue weighted by molar-refractivity contribution is 0.354. The van der Waals surface area contributed by atoms with Gasteiger partial charge >= 0.3 is 0 Å². The summed E-state index contributed by atoms with van der Waals surface area (Å²) in [5.74, 6) is 0. The molecule has 0 amide bonds. The van der Waals surface area contributed by atoms with Crippen LogP contribution in [0.3, 0.4) is 0 Å². The van der Waals surface area contributed by atoms with Gasteiger partial charge in [-0.2, -0.15) is 5.26 Å². The lowest BCUT2D eigenvalue weighted by atomic mass is 9.99. The maximum atomic E-state index is 9.58. The number of hydrogen-bond donors (Lipinski definition) is 1. The van der Waals surface area contributed by atoms with Gasteiger partial charge in [-0.05, 0) is 44.7 Å². The van der Waals surface area contributed by atoms with E-state index in [9.17, 15) is 5.26 Å². The van der Waals surface area contributed by atoms with Crippen LogP contribution in [0.15, 0.2) is 30.7 Å². The van der Waals surface area contributed by atoms with Crippen molar-refractivity contribution in [1.29, 1.82) is 5.26 Å². The van der Waals surface area contributed by atoms with Crippen LogP contribution in [-0.2, 0) is 0 Å². The Hall–Kier alpha value is -2.73. The molecule has 4 aromatic heterocycles. The van der Waals surface area contributed by atoms with E-state index in [1.54, 1.807) is 11.3 Å². The van der Waals surface area contributed by atoms with E-state index in [2.05, 4.69) is 39.4 Å². The van der Waals surface area contributed by atoms with E-state index in [0.717, 1.165) is 32.3 Å². The number of hydrogen-bond acceptors (Lipinski definition) is 7. The number of thiazole rings is 1. The molecule has 2 saturated heterocycles. The van der Waals surface area contributed by atoms with Crippen molar-refractivity contribution in [3.8, 4) is 17.3 Å². The Kier molecular flexibility index (Phi) is 5.28. The number of aryl methyl sites for hydroxylation is 1. The summed E-state index contributed by atoms with van der Waals surface area (Å²) in [6.07, 6.45) is 10.7. The second-order valence-corrected chi connectivity index (χ2v) is 9.78. The van der Waals surface area contributed by atoms with Crippen LogP contribution in [0.5, 0.6) is 0 Å². The molecule has 2 aliphatic heterocycles. The Labute approximate surface area is 196 Å². The van der Waals surface area contributed by atoms with Crippen LogP contribution >= 0.6 is 23.7 Å². The summed E-state index contributed by atoms with van der Waals surface area (Å²) in [5, 5.41) is 14.3. The highest BCUT2D eigenvalue weighted by Crippen LogP contribution is 2.36. The smallest absolute Gasteiger partial charge is 0.186 e. The van der Waals surface area contributed by atoms with Gasteiger partial charge in [-0.15, -0.1) is 12.4 Å². The molecule has 0 spiro atoms. The van der Waals surface area contributed by atoms with Gasteiger partial charge in [-0.3, -0.25) is 4.98 Å². The van der Waals surface area contributed by atoms with Crippen molar-refractivity contribution in [1.82, 2.24) is 24.7 Å². The molecule has 9 heteroatoms. The molecule has 3 atom stereocenters. The number of fused-ring (bicyclic) bond motifs is 4. The maximum Gasteiger partial charge on any atom is 0.186 e. The topological polar surface area (TPSA) is 82.1 Å². The molecular weight excluding hydrogens is 442 g/mol. The van der Waals surface area contributed by atoms with Crippen LogP contribution < -0.4 is 10.2 Å². The van der Waals surface area contributed by atoms with E-state index in [1.807, 2.05) is 36.0 Å². The molecule has 6 rings (SSSR count). The first-order valence-electron chi connectivity index (χ1n) is 10.7. The number of aromatic nitrogens is 4. The van der Waals surface area contributed by atoms with Crippen LogP contribution in [0, 0.1) is 18.3 Å². The van der Waals surface area contributed by atoms with Crippen molar-refractivity contribution in [2.75, 3.05) is 11.9 Å². The molecule has 1 N–H and O–H groups in total. The first kappa shape index (κ1) is 21.1. The number of nitrogens with zero attached hydrogens (tertiary/aromatic N) is 6. The largest absolute Gasteiger partial charge is 0.348 e. The Balaban J connectivity index is 0.00000216. The van der Waals surface area contributed by atoms with Crippen molar-refractivity contribution in [2.24, 2.45) is 0 Å². The zero-order chi connectivity index (χ0) is 21.1. The first-order chi connectivity index (χ1) is 15.1. The molecule has 0 aromatic carbocycles. The summed E-state index contributed by atoms with van der Waals surface area (Å²) in [6, 6.07) is 8.07. The Bertz CT molecular complexity index is 1340. The third-order valence-electron chi connectivity index (χ3n) is 6.65. The van der Waals surface area contributed by atoms with Gasteiger partial charge in [0, 0.05) is 43.1 Å². The number of nitrogens with one attached hydrogen (secondary N) is 1. The molecule has 0 saturated carbocycles. The predicted octanol–water partition coefficient (Wildman–Crippen LogP) is 4.33. The third-order valence-corrected chi connectivity index (χ3v) is 7.76. The Morgan fingerprint density at radius 1 is 1.19 bits per heavy atom. The molecule has 2 fully saturated rings. The fraction of sp³-hybridized carbons (Fsp3) is 0.391. The minimum atomic E-state index is 0. The number of piperidine rings is 1. The van der Waals surface area contributed by atoms with Gasteiger partial charge in [0.1, 0.15) is 11.6 Å². The van der Waals surface area contributed by atoms with Crippen molar-refractivity contribution < 1.29 is 0 Å². The molecule has 4 aromatic rings. The fourth-order valence-corrected chi connectivity index (χ4v) is 6.08. The van der Waals surface area contributed by atoms with E-state index in [4.69, 9.17) is 4.98 Å². The number of pyridine rings is 2. The van der Waals surface area contributed by atoms with Gasteiger partial charge in [-0.1, -0.05) is 11.3 Å². The summed E-state index contributed by atoms with van der Waals surface area (Å²) >= 11 is 1.72. The van der Waals surface area contributed by atoms with E-state index in [-0.39, 0.29) is 12.4 Å². The molecule has 0 radical (unpaired) electrons. The monoisotopic (exact) mass is 465 g/mol. The number of imidazole rings is 1. The molecular formula is C23H24ClN7S. The van der Waals surface area contributed by atoms with Crippen molar-refractivity contribution in [2.45, 2.75) is 50.7 Å². The quantitative estimate of drug-likeness (QED) is 0.485. The van der Waals surface area contributed by atoms with Crippen molar-refractivity contribution in [3.63, 3.8) is 0 Å². The van der Waals surface area contributed by atoms with Gasteiger partial charge in [0.25, 0.3) is 0 Å². The fourth-order valence-electron chi connectivity index (χ4n) is 5.07. The van der Waals surface area contributed by atoms with Crippen LogP contribution in [-0.4, -0.2) is 44.5 Å². The minimum absolute atomic E-state index is 0. The van der Waals surface area contributed by atoms with E-state index in [1.165, 1.54) is 25.7 Å². The van der Waals surface area contributed by atoms with Crippen LogP contribution in [0.4, 0.5) is 5.13 Å². The van der Waals surface area contributed by atoms with Crippen LogP contribution in [0.1, 0.15) is 36.9 Å². The average Bonchev–Trinajstić information content (AvgIpc) is 3.46. The molecule has 1 unspecified atom stereocenters. The second kappa shape index (κ2) is 8.00. The first-order valence-corrected chi connectivity index (χ1v) is 11.5. The Morgan fingerprint density at radius 3 is 2.72 bits per heavy atom. The highest BCUT2D eigenvalue weighted by Gasteiger charge is 2.35. The van der Waals surface area contributed by atoms with Crippen molar-refractivity contribution >= 4 is 44.7 Å². The molecule has 2 bridgehead atoms. The number of halogens is 1. The lowest BCUT2D eigenvalue weighted by Gasteiger charge is -2.35. The van der Waals surface area contributed by atoms with Crippen LogP contribution in [0.25, 0.3) is 27.1 Å². The van der Waals surface area contributed by atoms with Gasteiger partial charge in [0.15, 0.2) is 10.8 Å². The minimum Gasteiger partial charge on any atom is -0.348 e. The molecule has 2 aliphatic rings. The van der Waals surface area contributed by atoms with Gasteiger partial charge < -0.3 is 14.6 Å². The Morgan fingerprint density at radius 2 is 1.97 bits per heavy atom. The van der Waals surface area contributed by atoms with Gasteiger partial charge in [-0.25, -0.2) is 9.97 Å². The number of nitriles is 1. The molecule has 0 aliphatic carbocycles. The summed E-state index contributed by atoms with van der Waals surface area (Å²) < 4.78 is 3.02. The highest BCUT2D eigenvalue weighted by atomic mass is 35.5. The van der Waals surface area contributed by atoms with E-state index < -0.39 is 0 Å². The molecule has 6 heterocycles. The second-order valence-electron chi connectivity index (χ2n) is 8.78. The van der Waals surface area contributed by atoms with Gasteiger partial charge in [0.2, 0.25) is 0 Å². The average molecular weight is 466 g/mol. The standard InChI is InChI=1S/C23H23N7S.ClH/c1-13-11-30-12-15(5-14(9-24)22(30)26-13)19-8-21-20(10-25-19)28-23(31-21)29(2)18-6-16-3-4-17(7-18)27-16;/h5,8,10-12,16-18,27H,3-4,6-7H2,1-2H3;1H/t16-,17+,18?;. The maximum absolute atomic E-state index is 9.58. The SMILES string of the molecule is Cc1cn2cc(-c3cc4sc(N(C)C5C[C@H]6CC[C@@H](C5)N6)nc4cn3)cc(C#N)c2n1.Cl. The number of anilines is 1.